The fourth-order valence-electron chi connectivity index (χ4n) is 3.65. The van der Waals surface area contributed by atoms with Gasteiger partial charge in [-0.1, -0.05) is 24.3 Å². The maximum Gasteiger partial charge on any atom is 0.285 e. The highest BCUT2D eigenvalue weighted by Crippen LogP contribution is 2.33. The molecule has 4 rings (SSSR count). The van der Waals surface area contributed by atoms with Crippen LogP contribution in [0.25, 0.3) is 6.08 Å². The molecule has 35 heavy (non-hydrogen) atoms. The molecule has 10 heteroatoms. The van der Waals surface area contributed by atoms with Gasteiger partial charge in [-0.05, 0) is 63.1 Å². The molecule has 2 heterocycles. The van der Waals surface area contributed by atoms with E-state index in [1.165, 1.54) is 11.1 Å². The highest BCUT2D eigenvalue weighted by molar-refractivity contribution is 7.90. The van der Waals surface area contributed by atoms with E-state index < -0.39 is 10.0 Å². The molecule has 2 aliphatic rings. The van der Waals surface area contributed by atoms with Crippen molar-refractivity contribution in [3.8, 4) is 11.5 Å². The number of sulfonamides is 1. The van der Waals surface area contributed by atoms with Crippen LogP contribution in [0.2, 0.25) is 0 Å². The van der Waals surface area contributed by atoms with Crippen molar-refractivity contribution in [1.82, 2.24) is 10.3 Å². The third-order valence-corrected chi connectivity index (χ3v) is 6.44. The SMILES string of the molecule is CC(/C=N/N(CCC(=O)NC(C)(C)C)C1=NS(=O)(=O)c2ccccc21)=C\c1ccc2c(c1)OCO2. The maximum atomic E-state index is 12.6. The fourth-order valence-corrected chi connectivity index (χ4v) is 4.85. The Morgan fingerprint density at radius 1 is 1.17 bits per heavy atom. The van der Waals surface area contributed by atoms with Crippen LogP contribution in [0.4, 0.5) is 0 Å². The summed E-state index contributed by atoms with van der Waals surface area (Å²) in [5, 5.41) is 8.89. The van der Waals surface area contributed by atoms with E-state index in [0.717, 1.165) is 11.1 Å². The van der Waals surface area contributed by atoms with Crippen LogP contribution in [0, 0.1) is 0 Å². The lowest BCUT2D eigenvalue weighted by atomic mass is 10.1. The van der Waals surface area contributed by atoms with Crippen LogP contribution < -0.4 is 14.8 Å². The summed E-state index contributed by atoms with van der Waals surface area (Å²) < 4.78 is 39.9. The first-order chi connectivity index (χ1) is 16.5. The fraction of sp³-hybridized carbons (Fsp3) is 0.320. The molecule has 184 valence electrons. The Labute approximate surface area is 205 Å². The van der Waals surface area contributed by atoms with E-state index >= 15 is 0 Å². The Morgan fingerprint density at radius 2 is 1.91 bits per heavy atom. The number of carbonyl (C=O) groups excluding carboxylic acids is 1. The average Bonchev–Trinajstić information content (AvgIpc) is 3.34. The lowest BCUT2D eigenvalue weighted by Crippen LogP contribution is -2.42. The van der Waals surface area contributed by atoms with E-state index in [0.29, 0.717) is 17.1 Å². The van der Waals surface area contributed by atoms with Gasteiger partial charge in [0, 0.05) is 17.5 Å². The molecular weight excluding hydrogens is 468 g/mol. The van der Waals surface area contributed by atoms with Crippen LogP contribution in [0.3, 0.4) is 0 Å². The third kappa shape index (κ3) is 5.89. The summed E-state index contributed by atoms with van der Waals surface area (Å²) in [5.74, 6) is 1.40. The topological polar surface area (TPSA) is 110 Å². The van der Waals surface area contributed by atoms with Crippen molar-refractivity contribution in [3.63, 3.8) is 0 Å². The summed E-state index contributed by atoms with van der Waals surface area (Å²) in [6, 6.07) is 12.2. The van der Waals surface area contributed by atoms with Crippen LogP contribution >= 0.6 is 0 Å². The second-order valence-electron chi connectivity index (χ2n) is 9.30. The van der Waals surface area contributed by atoms with Crippen molar-refractivity contribution in [3.05, 3.63) is 59.2 Å². The predicted molar refractivity (Wildman–Crippen MR) is 134 cm³/mol. The number of fused-ring (bicyclic) bond motifs is 2. The predicted octanol–water partition coefficient (Wildman–Crippen LogP) is 3.56. The summed E-state index contributed by atoms with van der Waals surface area (Å²) in [7, 11) is -3.83. The van der Waals surface area contributed by atoms with Crippen LogP contribution in [-0.4, -0.2) is 50.3 Å². The van der Waals surface area contributed by atoms with E-state index in [4.69, 9.17) is 9.47 Å². The summed E-state index contributed by atoms with van der Waals surface area (Å²) in [4.78, 5) is 12.6. The quantitative estimate of drug-likeness (QED) is 0.484. The third-order valence-electron chi connectivity index (χ3n) is 5.11. The van der Waals surface area contributed by atoms with Gasteiger partial charge in [-0.2, -0.15) is 13.5 Å². The summed E-state index contributed by atoms with van der Waals surface area (Å²) >= 11 is 0. The van der Waals surface area contributed by atoms with Gasteiger partial charge in [-0.15, -0.1) is 4.40 Å². The van der Waals surface area contributed by atoms with Gasteiger partial charge >= 0.3 is 0 Å². The Kier molecular flexibility index (Phi) is 6.66. The van der Waals surface area contributed by atoms with Crippen molar-refractivity contribution < 1.29 is 22.7 Å². The number of benzene rings is 2. The van der Waals surface area contributed by atoms with E-state index in [1.807, 2.05) is 52.0 Å². The molecule has 0 bridgehead atoms. The van der Waals surface area contributed by atoms with Crippen LogP contribution in [0.15, 0.2) is 62.4 Å². The van der Waals surface area contributed by atoms with Crippen molar-refractivity contribution in [1.29, 1.82) is 0 Å². The lowest BCUT2D eigenvalue weighted by molar-refractivity contribution is -0.122. The molecule has 0 atom stereocenters. The Bertz CT molecular complexity index is 1340. The molecule has 0 spiro atoms. The summed E-state index contributed by atoms with van der Waals surface area (Å²) in [6.45, 7) is 7.92. The first kappa shape index (κ1) is 24.5. The van der Waals surface area contributed by atoms with E-state index in [9.17, 15) is 13.2 Å². The minimum atomic E-state index is -3.83. The van der Waals surface area contributed by atoms with E-state index in [2.05, 4.69) is 14.8 Å². The first-order valence-electron chi connectivity index (χ1n) is 11.2. The number of amidine groups is 1. The van der Waals surface area contributed by atoms with Crippen molar-refractivity contribution in [2.75, 3.05) is 13.3 Å². The van der Waals surface area contributed by atoms with Crippen molar-refractivity contribution >= 4 is 34.1 Å². The molecule has 2 aromatic rings. The Morgan fingerprint density at radius 3 is 2.69 bits per heavy atom. The monoisotopic (exact) mass is 496 g/mol. The van der Waals surface area contributed by atoms with Crippen LogP contribution in [0.1, 0.15) is 45.2 Å². The first-order valence-corrected chi connectivity index (χ1v) is 12.6. The van der Waals surface area contributed by atoms with Gasteiger partial charge in [0.15, 0.2) is 17.3 Å². The number of hydrogen-bond donors (Lipinski definition) is 1. The van der Waals surface area contributed by atoms with E-state index in [1.54, 1.807) is 24.4 Å². The van der Waals surface area contributed by atoms with E-state index in [-0.39, 0.29) is 41.9 Å². The standard InChI is InChI=1S/C25H28N4O5S/c1-17(13-18-9-10-20-21(14-18)34-16-33-20)15-26-29(12-11-23(30)27-25(2,3)4)24-19-7-5-6-8-22(19)35(31,32)28-24/h5-10,13-15H,11-12,16H2,1-4H3,(H,27,30)/b17-13+,26-15+. The number of ether oxygens (including phenoxy) is 2. The molecule has 0 aliphatic carbocycles. The highest BCUT2D eigenvalue weighted by atomic mass is 32.2. The number of nitrogens with one attached hydrogen (secondary N) is 1. The van der Waals surface area contributed by atoms with Crippen molar-refractivity contribution in [2.24, 2.45) is 9.50 Å². The molecule has 2 aromatic carbocycles. The molecule has 2 aliphatic heterocycles. The second-order valence-corrected chi connectivity index (χ2v) is 10.9. The number of allylic oxidation sites excluding steroid dienone is 1. The Balaban J connectivity index is 1.59. The molecule has 0 saturated heterocycles. The molecule has 0 saturated carbocycles. The summed E-state index contributed by atoms with van der Waals surface area (Å²) in [6.07, 6.45) is 3.64. The molecule has 0 radical (unpaired) electrons. The minimum Gasteiger partial charge on any atom is -0.454 e. The zero-order valence-corrected chi connectivity index (χ0v) is 20.9. The van der Waals surface area contributed by atoms with Gasteiger partial charge in [0.2, 0.25) is 12.7 Å². The van der Waals surface area contributed by atoms with Gasteiger partial charge in [0.25, 0.3) is 10.0 Å². The molecule has 0 unspecified atom stereocenters. The number of carbonyl (C=O) groups is 1. The van der Waals surface area contributed by atoms with Crippen LogP contribution in [0.5, 0.6) is 11.5 Å². The molecule has 0 fully saturated rings. The van der Waals surface area contributed by atoms with Crippen LogP contribution in [-0.2, 0) is 14.8 Å². The number of hydrogen-bond acceptors (Lipinski definition) is 7. The zero-order chi connectivity index (χ0) is 25.2. The molecule has 1 N–H and O–H groups in total. The van der Waals surface area contributed by atoms with Crippen molar-refractivity contribution in [2.45, 2.75) is 44.6 Å². The smallest absolute Gasteiger partial charge is 0.285 e. The molecular formula is C25H28N4O5S. The van der Waals surface area contributed by atoms with Gasteiger partial charge in [-0.25, -0.2) is 5.01 Å². The number of nitrogens with zero attached hydrogens (tertiary/aromatic N) is 3. The summed E-state index contributed by atoms with van der Waals surface area (Å²) in [5.41, 5.74) is 1.79. The number of hydrazone groups is 1. The minimum absolute atomic E-state index is 0.112. The molecule has 1 amide bonds. The second kappa shape index (κ2) is 9.53. The average molecular weight is 497 g/mol. The van der Waals surface area contributed by atoms with Gasteiger partial charge in [0.05, 0.1) is 12.8 Å². The highest BCUT2D eigenvalue weighted by Gasteiger charge is 2.32. The van der Waals surface area contributed by atoms with Gasteiger partial charge < -0.3 is 14.8 Å². The van der Waals surface area contributed by atoms with Gasteiger partial charge in [-0.3, -0.25) is 4.79 Å². The largest absolute Gasteiger partial charge is 0.454 e. The number of rotatable bonds is 6. The van der Waals surface area contributed by atoms with Gasteiger partial charge in [0.1, 0.15) is 4.90 Å². The Hall–Kier alpha value is -3.66. The normalized spacial score (nSPS) is 16.2. The molecule has 9 nitrogen and oxygen atoms in total. The zero-order valence-electron chi connectivity index (χ0n) is 20.1. The molecule has 0 aromatic heterocycles. The maximum absolute atomic E-state index is 12.6. The lowest BCUT2D eigenvalue weighted by Gasteiger charge is -2.22. The number of amides is 1.